The molecule has 2 rings (SSSR count). The monoisotopic (exact) mass is 318 g/mol. The van der Waals surface area contributed by atoms with Gasteiger partial charge in [0.15, 0.2) is 0 Å². The molecule has 0 radical (unpaired) electrons. The number of halogens is 1. The average Bonchev–Trinajstić information content (AvgIpc) is 2.75. The van der Waals surface area contributed by atoms with Crippen molar-refractivity contribution in [3.8, 4) is 0 Å². The Morgan fingerprint density at radius 1 is 1.29 bits per heavy atom. The number of hydrogen-bond donors (Lipinski definition) is 2. The molecule has 1 fully saturated rings. The highest BCUT2D eigenvalue weighted by atomic mass is 79.9. The Balaban J connectivity index is 1.90. The zero-order valence-electron chi connectivity index (χ0n) is 9.81. The lowest BCUT2D eigenvalue weighted by Crippen LogP contribution is -2.35. The maximum atomic E-state index is 10.2. The fourth-order valence-corrected chi connectivity index (χ4v) is 4.14. The quantitative estimate of drug-likeness (QED) is 0.893. The Morgan fingerprint density at radius 3 is 2.59 bits per heavy atom. The predicted molar refractivity (Wildman–Crippen MR) is 74.3 cm³/mol. The molecular formula is C13H19BrO2S. The molecule has 1 saturated carbocycles. The smallest absolute Gasteiger partial charge is 0.0850 e. The highest BCUT2D eigenvalue weighted by molar-refractivity contribution is 9.10. The number of rotatable bonds is 4. The van der Waals surface area contributed by atoms with Gasteiger partial charge in [-0.2, -0.15) is 0 Å². The first-order chi connectivity index (χ1) is 8.18. The Kier molecular flexibility index (Phi) is 5.03. The molecule has 96 valence electrons. The minimum Gasteiger partial charge on any atom is -0.390 e. The van der Waals surface area contributed by atoms with Crippen LogP contribution in [0.25, 0.3) is 0 Å². The minimum absolute atomic E-state index is 0.289. The third-order valence-corrected chi connectivity index (χ3v) is 5.56. The van der Waals surface area contributed by atoms with Gasteiger partial charge >= 0.3 is 0 Å². The Bertz CT molecular complexity index is 347. The molecule has 1 aromatic rings. The van der Waals surface area contributed by atoms with Crippen molar-refractivity contribution in [2.45, 2.75) is 50.7 Å². The molecule has 4 heteroatoms. The molecule has 2 N–H and O–H groups in total. The van der Waals surface area contributed by atoms with Gasteiger partial charge in [0.1, 0.15) is 0 Å². The molecule has 1 aromatic heterocycles. The van der Waals surface area contributed by atoms with Crippen LogP contribution in [0.2, 0.25) is 0 Å². The number of aliphatic hydroxyl groups is 2. The normalized spacial score (nSPS) is 21.4. The van der Waals surface area contributed by atoms with E-state index in [1.807, 2.05) is 11.4 Å². The van der Waals surface area contributed by atoms with Gasteiger partial charge < -0.3 is 10.2 Å². The first kappa shape index (κ1) is 13.5. The van der Waals surface area contributed by atoms with E-state index in [1.54, 1.807) is 11.3 Å². The third-order valence-electron chi connectivity index (χ3n) is 3.61. The third kappa shape index (κ3) is 3.53. The number of hydrogen-bond acceptors (Lipinski definition) is 3. The highest BCUT2D eigenvalue weighted by Crippen LogP contribution is 2.30. The summed E-state index contributed by atoms with van der Waals surface area (Å²) in [5.74, 6) is 0.289. The molecule has 0 amide bonds. The van der Waals surface area contributed by atoms with Gasteiger partial charge in [0, 0.05) is 15.8 Å². The first-order valence-electron chi connectivity index (χ1n) is 6.26. The lowest BCUT2D eigenvalue weighted by atomic mass is 9.83. The fourth-order valence-electron chi connectivity index (χ4n) is 2.57. The van der Waals surface area contributed by atoms with Crippen LogP contribution < -0.4 is 0 Å². The van der Waals surface area contributed by atoms with Crippen molar-refractivity contribution in [3.63, 3.8) is 0 Å². The van der Waals surface area contributed by atoms with E-state index in [0.29, 0.717) is 6.42 Å². The topological polar surface area (TPSA) is 40.5 Å². The van der Waals surface area contributed by atoms with E-state index in [-0.39, 0.29) is 5.92 Å². The Labute approximate surface area is 115 Å². The number of thiophene rings is 1. The molecule has 0 bridgehead atoms. The second kappa shape index (κ2) is 6.32. The molecule has 0 spiro atoms. The van der Waals surface area contributed by atoms with Crippen molar-refractivity contribution in [1.29, 1.82) is 0 Å². The van der Waals surface area contributed by atoms with Crippen LogP contribution in [-0.2, 0) is 6.42 Å². The fraction of sp³-hybridized carbons (Fsp3) is 0.692. The molecule has 2 nitrogen and oxygen atoms in total. The molecule has 2 atom stereocenters. The SMILES string of the molecule is OC(Cc1sccc1Br)C(O)C1CCCCC1. The molecular weight excluding hydrogens is 300 g/mol. The Morgan fingerprint density at radius 2 is 2.00 bits per heavy atom. The van der Waals surface area contributed by atoms with Gasteiger partial charge in [-0.05, 0) is 46.1 Å². The second-order valence-electron chi connectivity index (χ2n) is 4.85. The summed E-state index contributed by atoms with van der Waals surface area (Å²) in [6.07, 6.45) is 5.13. The molecule has 1 heterocycles. The van der Waals surface area contributed by atoms with Gasteiger partial charge in [0.05, 0.1) is 12.2 Å². The summed E-state index contributed by atoms with van der Waals surface area (Å²) in [6.45, 7) is 0. The predicted octanol–water partition coefficient (Wildman–Crippen LogP) is 3.36. The average molecular weight is 319 g/mol. The van der Waals surface area contributed by atoms with E-state index in [0.717, 1.165) is 22.2 Å². The maximum absolute atomic E-state index is 10.2. The molecule has 17 heavy (non-hydrogen) atoms. The molecule has 1 aliphatic carbocycles. The van der Waals surface area contributed by atoms with Gasteiger partial charge in [-0.25, -0.2) is 0 Å². The molecule has 1 aliphatic rings. The highest BCUT2D eigenvalue weighted by Gasteiger charge is 2.28. The van der Waals surface area contributed by atoms with Gasteiger partial charge in [0.2, 0.25) is 0 Å². The van der Waals surface area contributed by atoms with E-state index >= 15 is 0 Å². The standard InChI is InChI=1S/C13H19BrO2S/c14-10-6-7-17-12(10)8-11(15)13(16)9-4-2-1-3-5-9/h6-7,9,11,13,15-16H,1-5,8H2. The van der Waals surface area contributed by atoms with Crippen molar-refractivity contribution in [1.82, 2.24) is 0 Å². The number of aliphatic hydroxyl groups excluding tert-OH is 2. The summed E-state index contributed by atoms with van der Waals surface area (Å²) in [6, 6.07) is 1.99. The largest absolute Gasteiger partial charge is 0.390 e. The lowest BCUT2D eigenvalue weighted by molar-refractivity contribution is -0.0260. The van der Waals surface area contributed by atoms with E-state index < -0.39 is 12.2 Å². The van der Waals surface area contributed by atoms with Crippen molar-refractivity contribution < 1.29 is 10.2 Å². The van der Waals surface area contributed by atoms with Crippen LogP contribution in [0.5, 0.6) is 0 Å². The van der Waals surface area contributed by atoms with Crippen LogP contribution in [0.1, 0.15) is 37.0 Å². The Hall–Kier alpha value is 0.1000. The molecule has 0 saturated heterocycles. The summed E-state index contributed by atoms with van der Waals surface area (Å²) in [5.41, 5.74) is 0. The van der Waals surface area contributed by atoms with E-state index in [2.05, 4.69) is 15.9 Å². The zero-order valence-corrected chi connectivity index (χ0v) is 12.2. The van der Waals surface area contributed by atoms with Gasteiger partial charge in [-0.3, -0.25) is 0 Å². The van der Waals surface area contributed by atoms with Crippen LogP contribution in [0, 0.1) is 5.92 Å². The van der Waals surface area contributed by atoms with Gasteiger partial charge in [0.25, 0.3) is 0 Å². The van der Waals surface area contributed by atoms with Crippen LogP contribution in [0.4, 0.5) is 0 Å². The van der Waals surface area contributed by atoms with Crippen LogP contribution in [0.3, 0.4) is 0 Å². The van der Waals surface area contributed by atoms with Crippen LogP contribution in [-0.4, -0.2) is 22.4 Å². The summed E-state index contributed by atoms with van der Waals surface area (Å²) in [7, 11) is 0. The van der Waals surface area contributed by atoms with Crippen molar-refractivity contribution in [2.75, 3.05) is 0 Å². The van der Waals surface area contributed by atoms with E-state index in [4.69, 9.17) is 0 Å². The maximum Gasteiger partial charge on any atom is 0.0850 e. The van der Waals surface area contributed by atoms with Crippen molar-refractivity contribution >= 4 is 27.3 Å². The first-order valence-corrected chi connectivity index (χ1v) is 7.93. The van der Waals surface area contributed by atoms with E-state index in [9.17, 15) is 10.2 Å². The summed E-state index contributed by atoms with van der Waals surface area (Å²) in [5, 5.41) is 22.3. The van der Waals surface area contributed by atoms with Crippen LogP contribution >= 0.6 is 27.3 Å². The van der Waals surface area contributed by atoms with Gasteiger partial charge in [-0.1, -0.05) is 19.3 Å². The zero-order chi connectivity index (χ0) is 12.3. The molecule has 0 aromatic carbocycles. The van der Waals surface area contributed by atoms with Crippen molar-refractivity contribution in [2.24, 2.45) is 5.92 Å². The molecule has 0 aliphatic heterocycles. The summed E-state index contributed by atoms with van der Waals surface area (Å²) < 4.78 is 1.04. The summed E-state index contributed by atoms with van der Waals surface area (Å²) in [4.78, 5) is 1.12. The lowest BCUT2D eigenvalue weighted by Gasteiger charge is -2.29. The van der Waals surface area contributed by atoms with E-state index in [1.165, 1.54) is 19.3 Å². The minimum atomic E-state index is -0.631. The van der Waals surface area contributed by atoms with Crippen LogP contribution in [0.15, 0.2) is 15.9 Å². The summed E-state index contributed by atoms with van der Waals surface area (Å²) >= 11 is 5.08. The van der Waals surface area contributed by atoms with Gasteiger partial charge in [-0.15, -0.1) is 11.3 Å². The second-order valence-corrected chi connectivity index (χ2v) is 6.71. The van der Waals surface area contributed by atoms with Crippen molar-refractivity contribution in [3.05, 3.63) is 20.8 Å². The molecule has 2 unspecified atom stereocenters.